The average molecular weight is 516 g/mol. The number of nitrogens with zero attached hydrogens (tertiary/aromatic N) is 2. The maximum atomic E-state index is 5.05. The van der Waals surface area contributed by atoms with Crippen molar-refractivity contribution in [2.75, 3.05) is 7.05 Å². The molecule has 0 N–H and O–H groups in total. The van der Waals surface area contributed by atoms with E-state index in [0.717, 1.165) is 24.2 Å². The van der Waals surface area contributed by atoms with E-state index in [1.165, 1.54) is 70.2 Å². The highest BCUT2D eigenvalue weighted by molar-refractivity contribution is 5.73. The molecule has 200 valence electrons. The number of hydrogen-bond acceptors (Lipinski definition) is 1. The smallest absolute Gasteiger partial charge is 0.0909 e. The third kappa shape index (κ3) is 7.41. The van der Waals surface area contributed by atoms with E-state index < -0.39 is 0 Å². The van der Waals surface area contributed by atoms with Gasteiger partial charge in [-0.1, -0.05) is 104 Å². The van der Waals surface area contributed by atoms with Crippen LogP contribution in [0.1, 0.15) is 68.7 Å². The van der Waals surface area contributed by atoms with Gasteiger partial charge in [-0.2, -0.15) is 0 Å². The van der Waals surface area contributed by atoms with Crippen molar-refractivity contribution in [1.29, 1.82) is 0 Å². The Labute approximate surface area is 235 Å². The zero-order valence-corrected chi connectivity index (χ0v) is 24.4. The fourth-order valence-corrected chi connectivity index (χ4v) is 5.10. The van der Waals surface area contributed by atoms with Crippen molar-refractivity contribution in [3.05, 3.63) is 119 Å². The quantitative estimate of drug-likeness (QED) is 0.139. The first-order valence-electron chi connectivity index (χ1n) is 14.5. The third-order valence-electron chi connectivity index (χ3n) is 7.55. The van der Waals surface area contributed by atoms with Crippen molar-refractivity contribution in [3.63, 3.8) is 0 Å². The van der Waals surface area contributed by atoms with Gasteiger partial charge in [0.2, 0.25) is 5.70 Å². The van der Waals surface area contributed by atoms with Crippen LogP contribution in [0, 0.1) is 6.92 Å². The Kier molecular flexibility index (Phi) is 10.0. The number of allylic oxidation sites excluding steroid dienone is 1. The summed E-state index contributed by atoms with van der Waals surface area (Å²) in [5.41, 5.74) is 12.6. The molecule has 4 aromatic carbocycles. The second-order valence-corrected chi connectivity index (χ2v) is 10.5. The predicted molar refractivity (Wildman–Crippen MR) is 168 cm³/mol. The third-order valence-corrected chi connectivity index (χ3v) is 7.55. The fourth-order valence-electron chi connectivity index (χ4n) is 5.10. The van der Waals surface area contributed by atoms with Crippen LogP contribution in [0.25, 0.3) is 28.3 Å². The monoisotopic (exact) mass is 515 g/mol. The largest absolute Gasteiger partial charge is 0.205 e. The minimum absolute atomic E-state index is 1.00. The fraction of sp³-hybridized carbons (Fsp3) is 0.297. The molecule has 0 fully saturated rings. The molecule has 0 atom stereocenters. The van der Waals surface area contributed by atoms with E-state index in [1.807, 2.05) is 11.7 Å². The second kappa shape index (κ2) is 13.8. The molecular formula is C37H43N2+. The molecule has 0 aliphatic heterocycles. The molecule has 0 aromatic heterocycles. The normalized spacial score (nSPS) is 12.1. The van der Waals surface area contributed by atoms with Crippen LogP contribution in [0.3, 0.4) is 0 Å². The van der Waals surface area contributed by atoms with Crippen LogP contribution in [0.5, 0.6) is 0 Å². The summed E-state index contributed by atoms with van der Waals surface area (Å²) in [5, 5.41) is 5.05. The Balaban J connectivity index is 1.69. The standard InChI is InChI=1S/C37H43N2/c1-6-8-16-33-23-22-30(25-37(33)32-20-14-11-15-21-32)24-28(3)39(5)38-35-26-34(17-9-7-2)29(4)36(27-35)31-18-12-10-13-19-31/h10-15,18-27H,6-9,16-17H2,1-5H3/q+1. The van der Waals surface area contributed by atoms with Gasteiger partial charge in [-0.25, -0.2) is 0 Å². The highest BCUT2D eigenvalue weighted by atomic mass is 15.2. The topological polar surface area (TPSA) is 15.4 Å². The van der Waals surface area contributed by atoms with E-state index in [9.17, 15) is 0 Å². The lowest BCUT2D eigenvalue weighted by Gasteiger charge is -2.13. The molecule has 0 aliphatic rings. The van der Waals surface area contributed by atoms with Gasteiger partial charge >= 0.3 is 0 Å². The summed E-state index contributed by atoms with van der Waals surface area (Å²) in [6, 6.07) is 32.8. The second-order valence-electron chi connectivity index (χ2n) is 10.5. The summed E-state index contributed by atoms with van der Waals surface area (Å²) >= 11 is 0. The lowest BCUT2D eigenvalue weighted by Crippen LogP contribution is -2.00. The van der Waals surface area contributed by atoms with Gasteiger partial charge in [0.1, 0.15) is 5.69 Å². The van der Waals surface area contributed by atoms with Crippen LogP contribution in [0.4, 0.5) is 5.69 Å². The Bertz CT molecular complexity index is 1430. The Hall–Kier alpha value is -3.78. The molecule has 0 heterocycles. The van der Waals surface area contributed by atoms with Crippen molar-refractivity contribution in [2.24, 2.45) is 5.11 Å². The molecule has 0 unspecified atom stereocenters. The molecule has 0 bridgehead atoms. The van der Waals surface area contributed by atoms with Gasteiger partial charge < -0.3 is 0 Å². The van der Waals surface area contributed by atoms with Crippen molar-refractivity contribution in [2.45, 2.75) is 66.2 Å². The highest BCUT2D eigenvalue weighted by Gasteiger charge is 2.13. The molecular weight excluding hydrogens is 472 g/mol. The van der Waals surface area contributed by atoms with Crippen molar-refractivity contribution in [3.8, 4) is 22.3 Å². The van der Waals surface area contributed by atoms with E-state index >= 15 is 0 Å². The van der Waals surface area contributed by atoms with Gasteiger partial charge in [0.05, 0.1) is 0 Å². The highest BCUT2D eigenvalue weighted by Crippen LogP contribution is 2.32. The molecule has 0 saturated carbocycles. The summed E-state index contributed by atoms with van der Waals surface area (Å²) in [7, 11) is 2.05. The first-order chi connectivity index (χ1) is 19.0. The van der Waals surface area contributed by atoms with Crippen molar-refractivity contribution >= 4 is 11.8 Å². The van der Waals surface area contributed by atoms with Gasteiger partial charge in [-0.3, -0.25) is 0 Å². The molecule has 0 aliphatic carbocycles. The SMILES string of the molecule is CCCCc1ccc(C=C(C)[N+](C)=Nc2cc(CCCC)c(C)c(-c3ccccc3)c2)cc1-c1ccccc1. The summed E-state index contributed by atoms with van der Waals surface area (Å²) in [6.07, 6.45) is 9.21. The van der Waals surface area contributed by atoms with Crippen LogP contribution in [0.15, 0.2) is 102 Å². The van der Waals surface area contributed by atoms with Gasteiger partial charge in [0.25, 0.3) is 0 Å². The van der Waals surface area contributed by atoms with E-state index in [1.54, 1.807) is 0 Å². The predicted octanol–water partition coefficient (Wildman–Crippen LogP) is 10.8. The van der Waals surface area contributed by atoms with Gasteiger partial charge in [0, 0.05) is 13.0 Å². The number of rotatable bonds is 11. The van der Waals surface area contributed by atoms with Gasteiger partial charge in [0.15, 0.2) is 7.05 Å². The number of azo groups is 2. The maximum absolute atomic E-state index is 5.05. The van der Waals surface area contributed by atoms with E-state index in [4.69, 9.17) is 5.11 Å². The molecule has 0 saturated heterocycles. The summed E-state index contributed by atoms with van der Waals surface area (Å²) in [5.74, 6) is 0. The van der Waals surface area contributed by atoms with Gasteiger partial charge in [-0.05, 0) is 100 Å². The van der Waals surface area contributed by atoms with Crippen molar-refractivity contribution < 1.29 is 4.70 Å². The number of benzene rings is 4. The van der Waals surface area contributed by atoms with E-state index in [0.29, 0.717) is 0 Å². The van der Waals surface area contributed by atoms with E-state index in [-0.39, 0.29) is 0 Å². The number of unbranched alkanes of at least 4 members (excludes halogenated alkanes) is 2. The Morgan fingerprint density at radius 2 is 1.31 bits per heavy atom. The summed E-state index contributed by atoms with van der Waals surface area (Å²) in [6.45, 7) is 8.90. The minimum Gasteiger partial charge on any atom is -0.0909 e. The van der Waals surface area contributed by atoms with E-state index in [2.05, 4.69) is 125 Å². The summed E-state index contributed by atoms with van der Waals surface area (Å²) in [4.78, 5) is 0. The zero-order chi connectivity index (χ0) is 27.6. The Morgan fingerprint density at radius 3 is 1.92 bits per heavy atom. The van der Waals surface area contributed by atoms with Crippen LogP contribution >= 0.6 is 0 Å². The molecule has 0 radical (unpaired) electrons. The molecule has 4 aromatic rings. The lowest BCUT2D eigenvalue weighted by molar-refractivity contribution is -0.510. The molecule has 2 heteroatoms. The lowest BCUT2D eigenvalue weighted by atomic mass is 9.93. The molecule has 2 nitrogen and oxygen atoms in total. The molecule has 0 amide bonds. The Morgan fingerprint density at radius 1 is 0.718 bits per heavy atom. The molecule has 39 heavy (non-hydrogen) atoms. The van der Waals surface area contributed by atoms with Crippen LogP contribution in [-0.4, -0.2) is 11.7 Å². The molecule has 4 rings (SSSR count). The van der Waals surface area contributed by atoms with Crippen LogP contribution < -0.4 is 0 Å². The van der Waals surface area contributed by atoms with Crippen LogP contribution in [-0.2, 0) is 12.8 Å². The molecule has 0 spiro atoms. The van der Waals surface area contributed by atoms with Gasteiger partial charge in [-0.15, -0.1) is 0 Å². The average Bonchev–Trinajstić information content (AvgIpc) is 2.97. The maximum Gasteiger partial charge on any atom is 0.205 e. The minimum atomic E-state index is 1.00. The van der Waals surface area contributed by atoms with Crippen LogP contribution in [0.2, 0.25) is 0 Å². The number of aryl methyl sites for hydroxylation is 2. The summed E-state index contributed by atoms with van der Waals surface area (Å²) < 4.78 is 2.01. The first kappa shape index (κ1) is 28.2. The number of hydrogen-bond donors (Lipinski definition) is 0. The first-order valence-corrected chi connectivity index (χ1v) is 14.5. The van der Waals surface area contributed by atoms with Crippen molar-refractivity contribution in [1.82, 2.24) is 0 Å². The zero-order valence-electron chi connectivity index (χ0n) is 24.4.